The van der Waals surface area contributed by atoms with E-state index in [9.17, 15) is 5.26 Å². The van der Waals surface area contributed by atoms with Gasteiger partial charge in [-0.05, 0) is 56.7 Å². The largest absolute Gasteiger partial charge is 0.355 e. The number of anilines is 1. The van der Waals surface area contributed by atoms with Gasteiger partial charge in [-0.3, -0.25) is 9.30 Å². The Morgan fingerprint density at radius 2 is 1.65 bits per heavy atom. The number of imidazole rings is 1. The Labute approximate surface area is 182 Å². The van der Waals surface area contributed by atoms with Crippen molar-refractivity contribution in [1.29, 1.82) is 5.26 Å². The van der Waals surface area contributed by atoms with E-state index in [1.165, 1.54) is 11.4 Å². The highest BCUT2D eigenvalue weighted by atomic mass is 15.3. The number of pyridine rings is 1. The standard InChI is InChI=1S/C25H28N6/c1-18-16-24(31-23-7-5-4-6-22(23)27-25(31)21(18)17-26)29-13-10-28(11-14-29)12-15-30-19(2)8-9-20(30)3/h4-9,16H,10-15H2,1-3H3. The van der Waals surface area contributed by atoms with E-state index in [-0.39, 0.29) is 0 Å². The minimum atomic E-state index is 0.663. The van der Waals surface area contributed by atoms with Crippen LogP contribution in [0.5, 0.6) is 0 Å². The van der Waals surface area contributed by atoms with Crippen LogP contribution in [-0.2, 0) is 6.54 Å². The van der Waals surface area contributed by atoms with Crippen molar-refractivity contribution in [2.24, 2.45) is 0 Å². The summed E-state index contributed by atoms with van der Waals surface area (Å²) in [4.78, 5) is 9.79. The average molecular weight is 413 g/mol. The molecule has 0 bridgehead atoms. The van der Waals surface area contributed by atoms with Crippen LogP contribution < -0.4 is 4.90 Å². The number of piperazine rings is 1. The fraction of sp³-hybridized carbons (Fsp3) is 0.360. The summed E-state index contributed by atoms with van der Waals surface area (Å²) in [5.74, 6) is 1.14. The van der Waals surface area contributed by atoms with Gasteiger partial charge in [0, 0.05) is 50.7 Å². The van der Waals surface area contributed by atoms with Gasteiger partial charge in [0.2, 0.25) is 0 Å². The normalized spacial score (nSPS) is 15.1. The van der Waals surface area contributed by atoms with Crippen molar-refractivity contribution in [2.75, 3.05) is 37.6 Å². The molecule has 0 radical (unpaired) electrons. The number of hydrogen-bond acceptors (Lipinski definition) is 4. The zero-order valence-corrected chi connectivity index (χ0v) is 18.5. The predicted molar refractivity (Wildman–Crippen MR) is 125 cm³/mol. The summed E-state index contributed by atoms with van der Waals surface area (Å²) in [6.45, 7) is 12.5. The van der Waals surface area contributed by atoms with Crippen LogP contribution in [0.4, 0.5) is 5.82 Å². The molecule has 1 saturated heterocycles. The van der Waals surface area contributed by atoms with Crippen LogP contribution >= 0.6 is 0 Å². The molecule has 0 saturated carbocycles. The number of nitriles is 1. The van der Waals surface area contributed by atoms with Crippen LogP contribution in [0.2, 0.25) is 0 Å². The molecular weight excluding hydrogens is 384 g/mol. The maximum absolute atomic E-state index is 9.73. The molecule has 1 fully saturated rings. The summed E-state index contributed by atoms with van der Waals surface area (Å²) in [5, 5.41) is 9.73. The van der Waals surface area contributed by atoms with Crippen LogP contribution in [0.3, 0.4) is 0 Å². The first-order valence-corrected chi connectivity index (χ1v) is 11.0. The molecule has 0 aliphatic carbocycles. The quantitative estimate of drug-likeness (QED) is 0.510. The van der Waals surface area contributed by atoms with Crippen LogP contribution in [0.25, 0.3) is 16.7 Å². The highest BCUT2D eigenvalue weighted by Gasteiger charge is 2.22. The zero-order valence-electron chi connectivity index (χ0n) is 18.5. The number of rotatable bonds is 4. The van der Waals surface area contributed by atoms with Crippen LogP contribution in [0.1, 0.15) is 22.5 Å². The molecule has 0 atom stereocenters. The minimum absolute atomic E-state index is 0.663. The summed E-state index contributed by atoms with van der Waals surface area (Å²) in [6.07, 6.45) is 0. The second-order valence-electron chi connectivity index (χ2n) is 8.53. The minimum Gasteiger partial charge on any atom is -0.355 e. The van der Waals surface area contributed by atoms with Crippen molar-refractivity contribution >= 4 is 22.5 Å². The Balaban J connectivity index is 1.40. The molecule has 0 N–H and O–H groups in total. The summed E-state index contributed by atoms with van der Waals surface area (Å²) >= 11 is 0. The van der Waals surface area contributed by atoms with Gasteiger partial charge in [0.05, 0.1) is 16.6 Å². The zero-order chi connectivity index (χ0) is 21.5. The van der Waals surface area contributed by atoms with E-state index in [1.54, 1.807) is 0 Å². The number of aryl methyl sites for hydroxylation is 3. The number of para-hydroxylation sites is 2. The number of hydrogen-bond donors (Lipinski definition) is 0. The summed E-state index contributed by atoms with van der Waals surface area (Å²) in [6, 6.07) is 17.1. The lowest BCUT2D eigenvalue weighted by molar-refractivity contribution is 0.246. The molecule has 4 heterocycles. The third-order valence-corrected chi connectivity index (χ3v) is 6.62. The summed E-state index contributed by atoms with van der Waals surface area (Å²) in [7, 11) is 0. The fourth-order valence-corrected chi connectivity index (χ4v) is 4.80. The van der Waals surface area contributed by atoms with E-state index >= 15 is 0 Å². The molecule has 0 unspecified atom stereocenters. The second kappa shape index (κ2) is 7.75. The monoisotopic (exact) mass is 412 g/mol. The van der Waals surface area contributed by atoms with Crippen molar-refractivity contribution in [3.05, 3.63) is 65.0 Å². The molecular formula is C25H28N6. The molecule has 31 heavy (non-hydrogen) atoms. The molecule has 1 aromatic carbocycles. The average Bonchev–Trinajstić information content (AvgIpc) is 3.32. The Kier molecular flexibility index (Phi) is 4.91. The first kappa shape index (κ1) is 19.7. The SMILES string of the molecule is Cc1cc(N2CCN(CCn3c(C)ccc3C)CC2)n2c(nc3ccccc32)c1C#N. The molecule has 4 aromatic rings. The van der Waals surface area contributed by atoms with Crippen molar-refractivity contribution < 1.29 is 0 Å². The Morgan fingerprint density at radius 3 is 2.35 bits per heavy atom. The predicted octanol–water partition coefficient (Wildman–Crippen LogP) is 3.91. The van der Waals surface area contributed by atoms with Crippen LogP contribution in [0, 0.1) is 32.1 Å². The number of nitrogens with zero attached hydrogens (tertiary/aromatic N) is 6. The third kappa shape index (κ3) is 3.35. The molecule has 5 rings (SSSR count). The first-order valence-electron chi connectivity index (χ1n) is 11.0. The third-order valence-electron chi connectivity index (χ3n) is 6.62. The summed E-state index contributed by atoms with van der Waals surface area (Å²) < 4.78 is 4.57. The van der Waals surface area contributed by atoms with E-state index in [0.29, 0.717) is 5.56 Å². The number of aromatic nitrogens is 3. The molecule has 1 aliphatic rings. The van der Waals surface area contributed by atoms with Crippen molar-refractivity contribution in [3.63, 3.8) is 0 Å². The molecule has 1 aliphatic heterocycles. The Morgan fingerprint density at radius 1 is 0.935 bits per heavy atom. The van der Waals surface area contributed by atoms with E-state index in [4.69, 9.17) is 4.98 Å². The van der Waals surface area contributed by atoms with E-state index in [0.717, 1.165) is 67.3 Å². The van der Waals surface area contributed by atoms with Gasteiger partial charge in [-0.25, -0.2) is 4.98 Å². The van der Waals surface area contributed by atoms with E-state index in [2.05, 4.69) is 62.9 Å². The lowest BCUT2D eigenvalue weighted by Gasteiger charge is -2.36. The highest BCUT2D eigenvalue weighted by molar-refractivity contribution is 5.85. The fourth-order valence-electron chi connectivity index (χ4n) is 4.80. The molecule has 6 nitrogen and oxygen atoms in total. The van der Waals surface area contributed by atoms with Crippen LogP contribution in [0.15, 0.2) is 42.5 Å². The topological polar surface area (TPSA) is 52.5 Å². The van der Waals surface area contributed by atoms with Crippen molar-refractivity contribution in [1.82, 2.24) is 18.9 Å². The number of benzene rings is 1. The maximum atomic E-state index is 9.73. The maximum Gasteiger partial charge on any atom is 0.157 e. The lowest BCUT2D eigenvalue weighted by atomic mass is 10.1. The molecule has 6 heteroatoms. The van der Waals surface area contributed by atoms with Gasteiger partial charge >= 0.3 is 0 Å². The molecule has 158 valence electrons. The van der Waals surface area contributed by atoms with Crippen LogP contribution in [-0.4, -0.2) is 51.6 Å². The smallest absolute Gasteiger partial charge is 0.157 e. The molecule has 3 aromatic heterocycles. The van der Waals surface area contributed by atoms with Crippen molar-refractivity contribution in [3.8, 4) is 6.07 Å². The van der Waals surface area contributed by atoms with Crippen molar-refractivity contribution in [2.45, 2.75) is 27.3 Å². The lowest BCUT2D eigenvalue weighted by Crippen LogP contribution is -2.47. The van der Waals surface area contributed by atoms with Gasteiger partial charge in [0.15, 0.2) is 5.65 Å². The first-order chi connectivity index (χ1) is 15.1. The van der Waals surface area contributed by atoms with E-state index < -0.39 is 0 Å². The Hall–Kier alpha value is -3.30. The number of fused-ring (bicyclic) bond motifs is 3. The van der Waals surface area contributed by atoms with Gasteiger partial charge in [-0.2, -0.15) is 5.26 Å². The van der Waals surface area contributed by atoms with Gasteiger partial charge in [-0.1, -0.05) is 12.1 Å². The van der Waals surface area contributed by atoms with E-state index in [1.807, 2.05) is 25.1 Å². The van der Waals surface area contributed by atoms with Gasteiger partial charge < -0.3 is 9.47 Å². The van der Waals surface area contributed by atoms with Gasteiger partial charge in [0.25, 0.3) is 0 Å². The summed E-state index contributed by atoms with van der Waals surface area (Å²) in [5.41, 5.74) is 7.07. The highest BCUT2D eigenvalue weighted by Crippen LogP contribution is 2.29. The molecule has 0 amide bonds. The Bertz CT molecular complexity index is 1280. The van der Waals surface area contributed by atoms with Gasteiger partial charge in [-0.15, -0.1) is 0 Å². The molecule has 0 spiro atoms. The second-order valence-corrected chi connectivity index (χ2v) is 8.53. The van der Waals surface area contributed by atoms with Gasteiger partial charge in [0.1, 0.15) is 11.9 Å².